The summed E-state index contributed by atoms with van der Waals surface area (Å²) in [5, 5.41) is 4.32. The monoisotopic (exact) mass is 216 g/mol. The molecule has 0 radical (unpaired) electrons. The van der Waals surface area contributed by atoms with Crippen molar-refractivity contribution in [1.29, 1.82) is 0 Å². The molecule has 14 heavy (non-hydrogen) atoms. The van der Waals surface area contributed by atoms with Crippen molar-refractivity contribution in [1.82, 2.24) is 10.2 Å². The first kappa shape index (κ1) is 12.3. The number of thioether (sulfide) groups is 1. The molecule has 1 N–H and O–H groups in total. The second-order valence-electron chi connectivity index (χ2n) is 4.18. The highest BCUT2D eigenvalue weighted by Gasteiger charge is 2.18. The van der Waals surface area contributed by atoms with Crippen LogP contribution in [0.1, 0.15) is 26.7 Å². The minimum absolute atomic E-state index is 0.779. The molecular formula is C11H24N2S. The normalized spacial score (nSPS) is 22.5. The molecule has 1 heterocycles. The van der Waals surface area contributed by atoms with Crippen LogP contribution in [-0.2, 0) is 0 Å². The van der Waals surface area contributed by atoms with Gasteiger partial charge in [-0.2, -0.15) is 11.8 Å². The number of piperidine rings is 1. The van der Waals surface area contributed by atoms with Crippen molar-refractivity contribution in [2.45, 2.75) is 38.0 Å². The van der Waals surface area contributed by atoms with Crippen molar-refractivity contribution in [2.75, 3.05) is 32.4 Å². The molecule has 0 saturated carbocycles. The fraction of sp³-hybridized carbons (Fsp3) is 1.00. The topological polar surface area (TPSA) is 15.3 Å². The summed E-state index contributed by atoms with van der Waals surface area (Å²) in [4.78, 5) is 2.61. The number of hydrogen-bond donors (Lipinski definition) is 1. The Balaban J connectivity index is 2.15. The molecule has 1 saturated heterocycles. The van der Waals surface area contributed by atoms with Gasteiger partial charge in [0.1, 0.15) is 0 Å². The van der Waals surface area contributed by atoms with Crippen molar-refractivity contribution in [3.63, 3.8) is 0 Å². The Labute approximate surface area is 92.8 Å². The largest absolute Gasteiger partial charge is 0.314 e. The minimum Gasteiger partial charge on any atom is -0.314 e. The molecule has 0 aromatic rings. The van der Waals surface area contributed by atoms with Crippen LogP contribution >= 0.6 is 11.8 Å². The maximum absolute atomic E-state index is 3.54. The Morgan fingerprint density at radius 3 is 2.57 bits per heavy atom. The quantitative estimate of drug-likeness (QED) is 0.754. The van der Waals surface area contributed by atoms with Crippen LogP contribution in [0.3, 0.4) is 0 Å². The van der Waals surface area contributed by atoms with Crippen LogP contribution in [0.5, 0.6) is 0 Å². The average Bonchev–Trinajstić information content (AvgIpc) is 2.21. The number of likely N-dealkylation sites (tertiary alicyclic amines) is 1. The summed E-state index contributed by atoms with van der Waals surface area (Å²) >= 11 is 1.97. The van der Waals surface area contributed by atoms with E-state index < -0.39 is 0 Å². The predicted octanol–water partition coefficient (Wildman–Crippen LogP) is 1.81. The molecule has 1 aliphatic heterocycles. The zero-order valence-electron chi connectivity index (χ0n) is 9.75. The summed E-state index contributed by atoms with van der Waals surface area (Å²) in [7, 11) is 0. The maximum Gasteiger partial charge on any atom is 0.0143 e. The Kier molecular flexibility index (Phi) is 5.90. The molecule has 1 unspecified atom stereocenters. The number of rotatable bonds is 5. The van der Waals surface area contributed by atoms with Gasteiger partial charge in [0, 0.05) is 17.8 Å². The molecule has 1 fully saturated rings. The zero-order valence-corrected chi connectivity index (χ0v) is 10.6. The Morgan fingerprint density at radius 2 is 2.07 bits per heavy atom. The smallest absolute Gasteiger partial charge is 0.0143 e. The van der Waals surface area contributed by atoms with Gasteiger partial charge < -0.3 is 10.2 Å². The second-order valence-corrected chi connectivity index (χ2v) is 5.46. The zero-order chi connectivity index (χ0) is 10.4. The van der Waals surface area contributed by atoms with Gasteiger partial charge in [-0.05, 0) is 38.7 Å². The molecule has 0 spiro atoms. The first-order valence-corrected chi connectivity index (χ1v) is 7.03. The van der Waals surface area contributed by atoms with E-state index in [2.05, 4.69) is 30.3 Å². The standard InChI is InChI=1S/C11H24N2S/c1-4-12-11-5-7-13(8-6-11)9-10(2)14-3/h10-12H,4-9H2,1-3H3. The molecule has 0 aromatic carbocycles. The van der Waals surface area contributed by atoms with Gasteiger partial charge in [0.15, 0.2) is 0 Å². The van der Waals surface area contributed by atoms with Gasteiger partial charge in [0.2, 0.25) is 0 Å². The van der Waals surface area contributed by atoms with Gasteiger partial charge >= 0.3 is 0 Å². The van der Waals surface area contributed by atoms with Crippen molar-refractivity contribution in [3.05, 3.63) is 0 Å². The van der Waals surface area contributed by atoms with Gasteiger partial charge in [0.25, 0.3) is 0 Å². The molecule has 84 valence electrons. The van der Waals surface area contributed by atoms with Crippen LogP contribution in [-0.4, -0.2) is 48.6 Å². The molecule has 1 rings (SSSR count). The van der Waals surface area contributed by atoms with Crippen LogP contribution in [0.4, 0.5) is 0 Å². The van der Waals surface area contributed by atoms with Gasteiger partial charge in [-0.25, -0.2) is 0 Å². The first-order chi connectivity index (χ1) is 6.76. The van der Waals surface area contributed by atoms with Gasteiger partial charge in [0.05, 0.1) is 0 Å². The summed E-state index contributed by atoms with van der Waals surface area (Å²) < 4.78 is 0. The molecule has 2 nitrogen and oxygen atoms in total. The van der Waals surface area contributed by atoms with Gasteiger partial charge in [-0.1, -0.05) is 13.8 Å². The highest BCUT2D eigenvalue weighted by Crippen LogP contribution is 2.13. The Morgan fingerprint density at radius 1 is 1.43 bits per heavy atom. The van der Waals surface area contributed by atoms with E-state index in [1.54, 1.807) is 0 Å². The number of nitrogens with zero attached hydrogens (tertiary/aromatic N) is 1. The SMILES string of the molecule is CCNC1CCN(CC(C)SC)CC1. The molecule has 1 atom stereocenters. The lowest BCUT2D eigenvalue weighted by atomic mass is 10.1. The fourth-order valence-corrected chi connectivity index (χ4v) is 2.41. The number of hydrogen-bond acceptors (Lipinski definition) is 3. The van der Waals surface area contributed by atoms with Crippen molar-refractivity contribution >= 4 is 11.8 Å². The van der Waals surface area contributed by atoms with Gasteiger partial charge in [-0.15, -0.1) is 0 Å². The lowest BCUT2D eigenvalue weighted by Crippen LogP contribution is -2.44. The highest BCUT2D eigenvalue weighted by molar-refractivity contribution is 7.99. The van der Waals surface area contributed by atoms with E-state index in [1.807, 2.05) is 11.8 Å². The van der Waals surface area contributed by atoms with Crippen LogP contribution in [0, 0.1) is 0 Å². The minimum atomic E-state index is 0.779. The lowest BCUT2D eigenvalue weighted by Gasteiger charge is -2.33. The van der Waals surface area contributed by atoms with E-state index in [1.165, 1.54) is 32.5 Å². The predicted molar refractivity (Wildman–Crippen MR) is 66.1 cm³/mol. The molecular weight excluding hydrogens is 192 g/mol. The maximum atomic E-state index is 3.54. The van der Waals surface area contributed by atoms with E-state index in [0.717, 1.165) is 17.8 Å². The fourth-order valence-electron chi connectivity index (χ4n) is 2.05. The molecule has 0 aliphatic carbocycles. The summed E-state index contributed by atoms with van der Waals surface area (Å²) in [5.41, 5.74) is 0. The third-order valence-corrected chi connectivity index (χ3v) is 3.95. The van der Waals surface area contributed by atoms with Crippen LogP contribution in [0.25, 0.3) is 0 Å². The van der Waals surface area contributed by atoms with E-state index in [4.69, 9.17) is 0 Å². The summed E-state index contributed by atoms with van der Waals surface area (Å²) in [5.74, 6) is 0. The summed E-state index contributed by atoms with van der Waals surface area (Å²) in [6.07, 6.45) is 4.86. The molecule has 0 amide bonds. The van der Waals surface area contributed by atoms with Crippen LogP contribution < -0.4 is 5.32 Å². The second kappa shape index (κ2) is 6.70. The lowest BCUT2D eigenvalue weighted by molar-refractivity contribution is 0.201. The molecule has 3 heteroatoms. The third-order valence-electron chi connectivity index (χ3n) is 3.00. The summed E-state index contributed by atoms with van der Waals surface area (Å²) in [6, 6.07) is 0.779. The molecule has 0 aromatic heterocycles. The van der Waals surface area contributed by atoms with E-state index in [0.29, 0.717) is 0 Å². The Bertz CT molecular complexity index is 144. The van der Waals surface area contributed by atoms with Crippen LogP contribution in [0.15, 0.2) is 0 Å². The van der Waals surface area contributed by atoms with Gasteiger partial charge in [-0.3, -0.25) is 0 Å². The highest BCUT2D eigenvalue weighted by atomic mass is 32.2. The number of nitrogens with one attached hydrogen (secondary N) is 1. The molecule has 1 aliphatic rings. The van der Waals surface area contributed by atoms with Crippen molar-refractivity contribution in [2.24, 2.45) is 0 Å². The van der Waals surface area contributed by atoms with Crippen molar-refractivity contribution < 1.29 is 0 Å². The van der Waals surface area contributed by atoms with Crippen LogP contribution in [0.2, 0.25) is 0 Å². The third kappa shape index (κ3) is 4.20. The van der Waals surface area contributed by atoms with Crippen molar-refractivity contribution in [3.8, 4) is 0 Å². The summed E-state index contributed by atoms with van der Waals surface area (Å²) in [6.45, 7) is 9.46. The first-order valence-electron chi connectivity index (χ1n) is 5.74. The molecule has 0 bridgehead atoms. The van der Waals surface area contributed by atoms with E-state index in [-0.39, 0.29) is 0 Å². The Hall–Kier alpha value is 0.270. The van der Waals surface area contributed by atoms with E-state index >= 15 is 0 Å². The van der Waals surface area contributed by atoms with E-state index in [9.17, 15) is 0 Å². The average molecular weight is 216 g/mol.